The number of thioether (sulfide) groups is 1. The Bertz CT molecular complexity index is 362. The van der Waals surface area contributed by atoms with Gasteiger partial charge in [0.15, 0.2) is 5.17 Å². The van der Waals surface area contributed by atoms with E-state index in [0.717, 1.165) is 29.6 Å². The lowest BCUT2D eigenvalue weighted by Crippen LogP contribution is -2.24. The second-order valence-electron chi connectivity index (χ2n) is 3.12. The molecule has 14 heavy (non-hydrogen) atoms. The van der Waals surface area contributed by atoms with Crippen LogP contribution in [0.25, 0.3) is 0 Å². The van der Waals surface area contributed by atoms with Crippen molar-refractivity contribution in [2.75, 3.05) is 30.0 Å². The Kier molecular flexibility index (Phi) is 2.63. The molecule has 74 valence electrons. The van der Waals surface area contributed by atoms with Crippen molar-refractivity contribution in [3.63, 3.8) is 0 Å². The van der Waals surface area contributed by atoms with Gasteiger partial charge in [-0.05, 0) is 24.5 Å². The van der Waals surface area contributed by atoms with Crippen LogP contribution >= 0.6 is 11.8 Å². The Hall–Kier alpha value is -1.16. The summed E-state index contributed by atoms with van der Waals surface area (Å²) in [7, 11) is 0. The fourth-order valence-corrected chi connectivity index (χ4v) is 2.17. The van der Waals surface area contributed by atoms with Gasteiger partial charge in [-0.25, -0.2) is 0 Å². The van der Waals surface area contributed by atoms with E-state index in [1.54, 1.807) is 11.8 Å². The molecule has 0 unspecified atom stereocenters. The van der Waals surface area contributed by atoms with Crippen LogP contribution in [0.1, 0.15) is 0 Å². The number of anilines is 2. The summed E-state index contributed by atoms with van der Waals surface area (Å²) < 4.78 is 0. The van der Waals surface area contributed by atoms with Gasteiger partial charge >= 0.3 is 0 Å². The highest BCUT2D eigenvalue weighted by atomic mass is 32.2. The molecule has 1 aromatic carbocycles. The highest BCUT2D eigenvalue weighted by molar-refractivity contribution is 8.13. The van der Waals surface area contributed by atoms with Crippen molar-refractivity contribution in [3.8, 4) is 0 Å². The van der Waals surface area contributed by atoms with Crippen LogP contribution in [0.3, 0.4) is 0 Å². The normalized spacial score (nSPS) is 15.8. The standard InChI is InChI=1S/C10H13N3S/c1-14-10-12-5-6-13(10)9-4-2-3-8(11)7-9/h2-4,7H,5-6,11H2,1H3. The maximum Gasteiger partial charge on any atom is 0.163 e. The lowest BCUT2D eigenvalue weighted by atomic mass is 10.2. The lowest BCUT2D eigenvalue weighted by Gasteiger charge is -2.19. The van der Waals surface area contributed by atoms with Crippen molar-refractivity contribution in [3.05, 3.63) is 24.3 Å². The van der Waals surface area contributed by atoms with Crippen molar-refractivity contribution >= 4 is 28.3 Å². The maximum absolute atomic E-state index is 5.74. The van der Waals surface area contributed by atoms with Crippen LogP contribution in [0.15, 0.2) is 29.3 Å². The highest BCUT2D eigenvalue weighted by Crippen LogP contribution is 2.23. The van der Waals surface area contributed by atoms with E-state index >= 15 is 0 Å². The molecule has 0 aromatic heterocycles. The number of aliphatic imine (C=N–C) groups is 1. The van der Waals surface area contributed by atoms with Crippen LogP contribution in [0.5, 0.6) is 0 Å². The zero-order chi connectivity index (χ0) is 9.97. The molecule has 1 aliphatic rings. The Labute approximate surface area is 88.0 Å². The van der Waals surface area contributed by atoms with Gasteiger partial charge in [0.1, 0.15) is 0 Å². The molecule has 3 nitrogen and oxygen atoms in total. The Morgan fingerprint density at radius 2 is 2.36 bits per heavy atom. The first kappa shape index (κ1) is 9.40. The van der Waals surface area contributed by atoms with Crippen molar-refractivity contribution in [2.24, 2.45) is 4.99 Å². The van der Waals surface area contributed by atoms with Crippen molar-refractivity contribution in [2.45, 2.75) is 0 Å². The molecule has 0 fully saturated rings. The molecule has 1 aliphatic heterocycles. The van der Waals surface area contributed by atoms with Gasteiger partial charge in [-0.2, -0.15) is 0 Å². The summed E-state index contributed by atoms with van der Waals surface area (Å²) >= 11 is 1.68. The first-order valence-electron chi connectivity index (χ1n) is 4.53. The summed E-state index contributed by atoms with van der Waals surface area (Å²) in [5.41, 5.74) is 7.68. The van der Waals surface area contributed by atoms with Crippen molar-refractivity contribution < 1.29 is 0 Å². The summed E-state index contributed by atoms with van der Waals surface area (Å²) in [4.78, 5) is 6.60. The van der Waals surface area contributed by atoms with Crippen LogP contribution in [-0.4, -0.2) is 24.5 Å². The van der Waals surface area contributed by atoms with E-state index in [1.807, 2.05) is 24.5 Å². The summed E-state index contributed by atoms with van der Waals surface area (Å²) in [5, 5.41) is 1.08. The molecule has 0 amide bonds. The second-order valence-corrected chi connectivity index (χ2v) is 3.89. The summed E-state index contributed by atoms with van der Waals surface area (Å²) in [6.45, 7) is 1.84. The predicted molar refractivity (Wildman–Crippen MR) is 64.0 cm³/mol. The predicted octanol–water partition coefficient (Wildman–Crippen LogP) is 1.81. The summed E-state index contributed by atoms with van der Waals surface area (Å²) in [5.74, 6) is 0. The van der Waals surface area contributed by atoms with Gasteiger partial charge in [0.05, 0.1) is 6.54 Å². The Balaban J connectivity index is 2.27. The van der Waals surface area contributed by atoms with E-state index in [9.17, 15) is 0 Å². The highest BCUT2D eigenvalue weighted by Gasteiger charge is 2.17. The van der Waals surface area contributed by atoms with E-state index in [-0.39, 0.29) is 0 Å². The molecule has 1 heterocycles. The van der Waals surface area contributed by atoms with Crippen molar-refractivity contribution in [1.82, 2.24) is 0 Å². The van der Waals surface area contributed by atoms with Crippen molar-refractivity contribution in [1.29, 1.82) is 0 Å². The average Bonchev–Trinajstić information content (AvgIpc) is 2.65. The van der Waals surface area contributed by atoms with E-state index in [1.165, 1.54) is 0 Å². The molecule has 0 bridgehead atoms. The van der Waals surface area contributed by atoms with Crippen LogP contribution in [0, 0.1) is 0 Å². The Morgan fingerprint density at radius 3 is 3.07 bits per heavy atom. The molecule has 1 aromatic rings. The van der Waals surface area contributed by atoms with E-state index in [0.29, 0.717) is 0 Å². The fourth-order valence-electron chi connectivity index (χ4n) is 1.53. The van der Waals surface area contributed by atoms with Gasteiger partial charge in [0, 0.05) is 17.9 Å². The zero-order valence-electron chi connectivity index (χ0n) is 8.10. The average molecular weight is 207 g/mol. The molecule has 0 saturated heterocycles. The van der Waals surface area contributed by atoms with Crippen LogP contribution in [0.4, 0.5) is 11.4 Å². The Morgan fingerprint density at radius 1 is 1.50 bits per heavy atom. The van der Waals surface area contributed by atoms with Gasteiger partial charge in [-0.1, -0.05) is 17.8 Å². The third-order valence-corrected chi connectivity index (χ3v) is 2.88. The summed E-state index contributed by atoms with van der Waals surface area (Å²) in [6.07, 6.45) is 2.05. The maximum atomic E-state index is 5.74. The SMILES string of the molecule is CSC1=NCCN1c1cccc(N)c1. The first-order valence-corrected chi connectivity index (χ1v) is 5.75. The number of nitrogens with zero attached hydrogens (tertiary/aromatic N) is 2. The molecular weight excluding hydrogens is 194 g/mol. The van der Waals surface area contributed by atoms with Crippen LogP contribution in [0.2, 0.25) is 0 Å². The quantitative estimate of drug-likeness (QED) is 0.714. The third-order valence-electron chi connectivity index (χ3n) is 2.17. The summed E-state index contributed by atoms with van der Waals surface area (Å²) in [6, 6.07) is 7.92. The van der Waals surface area contributed by atoms with Crippen LogP contribution < -0.4 is 10.6 Å². The van der Waals surface area contributed by atoms with Gasteiger partial charge < -0.3 is 10.6 Å². The molecular formula is C10H13N3S. The molecule has 0 saturated carbocycles. The zero-order valence-corrected chi connectivity index (χ0v) is 8.92. The molecule has 2 rings (SSSR count). The molecule has 0 aliphatic carbocycles. The molecule has 0 radical (unpaired) electrons. The number of hydrogen-bond acceptors (Lipinski definition) is 4. The minimum atomic E-state index is 0.801. The third kappa shape index (κ3) is 1.70. The number of nitrogen functional groups attached to an aromatic ring is 1. The lowest BCUT2D eigenvalue weighted by molar-refractivity contribution is 1.02. The largest absolute Gasteiger partial charge is 0.399 e. The first-order chi connectivity index (χ1) is 6.81. The second kappa shape index (κ2) is 3.92. The van der Waals surface area contributed by atoms with E-state index in [2.05, 4.69) is 16.0 Å². The topological polar surface area (TPSA) is 41.6 Å². The van der Waals surface area contributed by atoms with Gasteiger partial charge in [-0.15, -0.1) is 0 Å². The van der Waals surface area contributed by atoms with Gasteiger partial charge in [-0.3, -0.25) is 4.99 Å². The number of benzene rings is 1. The smallest absolute Gasteiger partial charge is 0.163 e. The fraction of sp³-hybridized carbons (Fsp3) is 0.300. The molecule has 0 spiro atoms. The monoisotopic (exact) mass is 207 g/mol. The number of hydrogen-bond donors (Lipinski definition) is 1. The van der Waals surface area contributed by atoms with E-state index in [4.69, 9.17) is 5.73 Å². The van der Waals surface area contributed by atoms with Gasteiger partial charge in [0.2, 0.25) is 0 Å². The molecule has 2 N–H and O–H groups in total. The molecule has 0 atom stereocenters. The number of amidine groups is 1. The number of nitrogens with two attached hydrogens (primary N) is 1. The minimum Gasteiger partial charge on any atom is -0.399 e. The van der Waals surface area contributed by atoms with E-state index < -0.39 is 0 Å². The van der Waals surface area contributed by atoms with Gasteiger partial charge in [0.25, 0.3) is 0 Å². The molecule has 4 heteroatoms. The van der Waals surface area contributed by atoms with Crippen LogP contribution in [-0.2, 0) is 0 Å². The number of rotatable bonds is 1. The minimum absolute atomic E-state index is 0.801.